The van der Waals surface area contributed by atoms with Gasteiger partial charge in [0.25, 0.3) is 0 Å². The number of para-hydroxylation sites is 2. The Morgan fingerprint density at radius 1 is 1.15 bits per heavy atom. The minimum absolute atomic E-state index is 0.00533. The number of hydrazine groups is 1. The maximum atomic E-state index is 12.4. The van der Waals surface area contributed by atoms with Gasteiger partial charge in [0.15, 0.2) is 0 Å². The van der Waals surface area contributed by atoms with Crippen LogP contribution in [0.1, 0.15) is 50.6 Å². The van der Waals surface area contributed by atoms with Crippen molar-refractivity contribution < 1.29 is 9.53 Å². The molecule has 4 N–H and O–H groups in total. The Kier molecular flexibility index (Phi) is 7.51. The van der Waals surface area contributed by atoms with E-state index in [9.17, 15) is 4.79 Å². The number of nitrogens with one attached hydrogen (secondary N) is 2. The van der Waals surface area contributed by atoms with Crippen LogP contribution in [0.2, 0.25) is 0 Å². The highest BCUT2D eigenvalue weighted by Crippen LogP contribution is 2.27. The third kappa shape index (κ3) is 5.67. The molecule has 0 aliphatic heterocycles. The summed E-state index contributed by atoms with van der Waals surface area (Å²) in [6.45, 7) is 0.177. The number of nitrogens with two attached hydrogens (primary N) is 1. The molecule has 1 aliphatic carbocycles. The monoisotopic (exact) mass is 449 g/mol. The van der Waals surface area contributed by atoms with Gasteiger partial charge in [0.2, 0.25) is 11.9 Å². The van der Waals surface area contributed by atoms with E-state index >= 15 is 0 Å². The predicted molar refractivity (Wildman–Crippen MR) is 129 cm³/mol. The lowest BCUT2D eigenvalue weighted by atomic mass is 9.86. The normalized spacial score (nSPS) is 14.9. The molecule has 1 amide bonds. The summed E-state index contributed by atoms with van der Waals surface area (Å²) in [6.07, 6.45) is 7.87. The fourth-order valence-electron chi connectivity index (χ4n) is 4.32. The van der Waals surface area contributed by atoms with Crippen LogP contribution >= 0.6 is 0 Å². The van der Waals surface area contributed by atoms with E-state index in [-0.39, 0.29) is 12.5 Å². The number of anilines is 1. The van der Waals surface area contributed by atoms with E-state index in [0.29, 0.717) is 35.8 Å². The first-order valence-electron chi connectivity index (χ1n) is 11.5. The summed E-state index contributed by atoms with van der Waals surface area (Å²) >= 11 is 0. The average Bonchev–Trinajstić information content (AvgIpc) is 3.22. The first-order valence-corrected chi connectivity index (χ1v) is 11.5. The van der Waals surface area contributed by atoms with Crippen LogP contribution in [0.3, 0.4) is 0 Å². The standard InChI is InChI=1S/C24H31N7O2/c1-26-23(30-25)31-20-12-6-5-11-19(20)28-24(31)33-16-18-10-7-13-21(27-18)29-22(32)15-14-17-8-3-2-4-9-17/h5-7,10-13,17H,2-4,8-9,14-16,25H2,1H3,(H,26,30)(H,27,29,32). The molecule has 2 heterocycles. The molecule has 33 heavy (non-hydrogen) atoms. The SMILES string of the molecule is CN=C(NN)n1c(OCc2cccc(NC(=O)CCC3CCCCC3)n2)nc2ccccc21. The van der Waals surface area contributed by atoms with Crippen LogP contribution in [0.5, 0.6) is 6.01 Å². The van der Waals surface area contributed by atoms with Crippen molar-refractivity contribution in [1.82, 2.24) is 20.0 Å². The number of nitrogens with zero attached hydrogens (tertiary/aromatic N) is 4. The van der Waals surface area contributed by atoms with E-state index < -0.39 is 0 Å². The molecule has 0 bridgehead atoms. The minimum Gasteiger partial charge on any atom is -0.458 e. The van der Waals surface area contributed by atoms with E-state index in [2.05, 4.69) is 25.7 Å². The molecule has 1 aliphatic rings. The van der Waals surface area contributed by atoms with Crippen LogP contribution in [0, 0.1) is 5.92 Å². The molecule has 0 atom stereocenters. The molecule has 1 fully saturated rings. The van der Waals surface area contributed by atoms with Gasteiger partial charge in [0.1, 0.15) is 12.4 Å². The van der Waals surface area contributed by atoms with Crippen molar-refractivity contribution >= 4 is 28.7 Å². The minimum atomic E-state index is 0.00533. The second-order valence-corrected chi connectivity index (χ2v) is 8.30. The maximum Gasteiger partial charge on any atom is 0.304 e. The van der Waals surface area contributed by atoms with Gasteiger partial charge in [-0.15, -0.1) is 0 Å². The van der Waals surface area contributed by atoms with Crippen molar-refractivity contribution in [2.75, 3.05) is 12.4 Å². The Hall–Kier alpha value is -3.46. The lowest BCUT2D eigenvalue weighted by Gasteiger charge is -2.20. The number of pyridine rings is 1. The van der Waals surface area contributed by atoms with E-state index in [1.165, 1.54) is 32.1 Å². The summed E-state index contributed by atoms with van der Waals surface area (Å²) in [5, 5.41) is 2.92. The van der Waals surface area contributed by atoms with Crippen LogP contribution in [-0.4, -0.2) is 33.4 Å². The topological polar surface area (TPSA) is 119 Å². The molecule has 0 saturated heterocycles. The fourth-order valence-corrected chi connectivity index (χ4v) is 4.32. The van der Waals surface area contributed by atoms with Crippen molar-refractivity contribution in [3.63, 3.8) is 0 Å². The van der Waals surface area contributed by atoms with E-state index in [0.717, 1.165) is 17.5 Å². The molecule has 2 aromatic heterocycles. The molecule has 0 unspecified atom stereocenters. The van der Waals surface area contributed by atoms with Crippen LogP contribution in [0.15, 0.2) is 47.5 Å². The first-order chi connectivity index (χ1) is 16.2. The van der Waals surface area contributed by atoms with Gasteiger partial charge < -0.3 is 10.1 Å². The number of hydrogen-bond acceptors (Lipinski definition) is 6. The van der Waals surface area contributed by atoms with E-state index in [4.69, 9.17) is 10.6 Å². The molecular formula is C24H31N7O2. The number of hydrogen-bond donors (Lipinski definition) is 3. The highest BCUT2D eigenvalue weighted by Gasteiger charge is 2.17. The molecule has 174 valence electrons. The zero-order valence-corrected chi connectivity index (χ0v) is 19.0. The molecule has 9 nitrogen and oxygen atoms in total. The average molecular weight is 450 g/mol. The number of aliphatic imine (C=N–C) groups is 1. The lowest BCUT2D eigenvalue weighted by molar-refractivity contribution is -0.116. The van der Waals surface area contributed by atoms with Crippen LogP contribution in [-0.2, 0) is 11.4 Å². The Bertz CT molecular complexity index is 1120. The van der Waals surface area contributed by atoms with Gasteiger partial charge in [-0.25, -0.2) is 15.4 Å². The fraction of sp³-hybridized carbons (Fsp3) is 0.417. The second kappa shape index (κ2) is 10.9. The van der Waals surface area contributed by atoms with Crippen LogP contribution < -0.4 is 21.3 Å². The van der Waals surface area contributed by atoms with Gasteiger partial charge in [-0.3, -0.25) is 15.2 Å². The summed E-state index contributed by atoms with van der Waals surface area (Å²) in [6, 6.07) is 13.5. The van der Waals surface area contributed by atoms with Gasteiger partial charge in [-0.2, -0.15) is 4.98 Å². The molecule has 1 aromatic carbocycles. The van der Waals surface area contributed by atoms with Crippen molar-refractivity contribution in [3.8, 4) is 6.01 Å². The van der Waals surface area contributed by atoms with Crippen LogP contribution in [0.4, 0.5) is 5.82 Å². The van der Waals surface area contributed by atoms with Gasteiger partial charge in [-0.1, -0.05) is 50.3 Å². The summed E-state index contributed by atoms with van der Waals surface area (Å²) in [5.74, 6) is 7.26. The van der Waals surface area contributed by atoms with Gasteiger partial charge >= 0.3 is 6.01 Å². The largest absolute Gasteiger partial charge is 0.458 e. The molecular weight excluding hydrogens is 418 g/mol. The number of benzene rings is 1. The van der Waals surface area contributed by atoms with Gasteiger partial charge in [-0.05, 0) is 36.6 Å². The Balaban J connectivity index is 1.40. The number of amides is 1. The summed E-state index contributed by atoms with van der Waals surface area (Å²) in [7, 11) is 1.63. The van der Waals surface area contributed by atoms with Gasteiger partial charge in [0.05, 0.1) is 16.7 Å². The molecule has 4 rings (SSSR count). The number of aromatic nitrogens is 3. The summed E-state index contributed by atoms with van der Waals surface area (Å²) in [4.78, 5) is 25.7. The molecule has 1 saturated carbocycles. The summed E-state index contributed by atoms with van der Waals surface area (Å²) < 4.78 is 7.69. The Labute approximate surface area is 193 Å². The van der Waals surface area contributed by atoms with Gasteiger partial charge in [0, 0.05) is 13.5 Å². The number of rotatable bonds is 7. The van der Waals surface area contributed by atoms with E-state index in [1.54, 1.807) is 17.7 Å². The molecule has 9 heteroatoms. The van der Waals surface area contributed by atoms with Crippen molar-refractivity contribution in [2.24, 2.45) is 16.8 Å². The lowest BCUT2D eigenvalue weighted by Crippen LogP contribution is -2.36. The summed E-state index contributed by atoms with van der Waals surface area (Å²) in [5.41, 5.74) is 4.83. The van der Waals surface area contributed by atoms with Crippen molar-refractivity contribution in [2.45, 2.75) is 51.6 Å². The van der Waals surface area contributed by atoms with E-state index in [1.807, 2.05) is 36.4 Å². The number of carbonyl (C=O) groups excluding carboxylic acids is 1. The third-order valence-corrected chi connectivity index (χ3v) is 6.01. The highest BCUT2D eigenvalue weighted by molar-refractivity contribution is 5.93. The number of ether oxygens (including phenoxy) is 1. The molecule has 3 aromatic rings. The maximum absolute atomic E-state index is 12.4. The quantitative estimate of drug-likeness (QED) is 0.219. The highest BCUT2D eigenvalue weighted by atomic mass is 16.5. The zero-order valence-electron chi connectivity index (χ0n) is 19.0. The Morgan fingerprint density at radius 3 is 2.76 bits per heavy atom. The second-order valence-electron chi connectivity index (χ2n) is 8.30. The number of imidazole rings is 1. The molecule has 0 radical (unpaired) electrons. The predicted octanol–water partition coefficient (Wildman–Crippen LogP) is 3.61. The van der Waals surface area contributed by atoms with Crippen molar-refractivity contribution in [1.29, 1.82) is 0 Å². The van der Waals surface area contributed by atoms with Crippen LogP contribution in [0.25, 0.3) is 11.0 Å². The molecule has 0 spiro atoms. The Morgan fingerprint density at radius 2 is 1.97 bits per heavy atom. The number of fused-ring (bicyclic) bond motifs is 1. The smallest absolute Gasteiger partial charge is 0.304 e. The number of carbonyl (C=O) groups is 1. The van der Waals surface area contributed by atoms with Crippen molar-refractivity contribution in [3.05, 3.63) is 48.2 Å². The first kappa shape index (κ1) is 22.7. The third-order valence-electron chi connectivity index (χ3n) is 6.01. The zero-order chi connectivity index (χ0) is 23.0.